The van der Waals surface area contributed by atoms with Crippen molar-refractivity contribution in [1.29, 1.82) is 0 Å². The average Bonchev–Trinajstić information content (AvgIpc) is 3.39. The standard InChI is InChI=1S/C31H35N5O4S2/c1-21-11-13-24(14-12-21)42(38,39)36-28(23-9-7-6-8-10-23)26(25-15-18-32-29(33-25)41-5)27(34-36)22-16-19-35(20-17-22)30(37)40-31(2,3)4/h6-15,18,22H,16-17,19-20H2,1-5H3. The molecule has 0 bridgehead atoms. The number of rotatable bonds is 6. The smallest absolute Gasteiger partial charge is 0.410 e. The highest BCUT2D eigenvalue weighted by molar-refractivity contribution is 7.98. The molecule has 3 heterocycles. The van der Waals surface area contributed by atoms with Crippen LogP contribution in [-0.2, 0) is 14.8 Å². The Labute approximate surface area is 251 Å². The second kappa shape index (κ2) is 11.9. The number of carbonyl (C=O) groups is 1. The Kier molecular flexibility index (Phi) is 8.43. The SMILES string of the molecule is CSc1nccc(-c2c(C3CCN(C(=O)OC(C)(C)C)CC3)nn(S(=O)(=O)c3ccc(C)cc3)c2-c2ccccc2)n1. The van der Waals surface area contributed by atoms with E-state index in [-0.39, 0.29) is 16.9 Å². The van der Waals surface area contributed by atoms with Crippen LogP contribution in [-0.4, -0.2) is 63.5 Å². The minimum Gasteiger partial charge on any atom is -0.444 e. The second-order valence-electron chi connectivity index (χ2n) is 11.3. The monoisotopic (exact) mass is 605 g/mol. The molecule has 0 spiro atoms. The summed E-state index contributed by atoms with van der Waals surface area (Å²) in [5.41, 5.74) is 3.43. The van der Waals surface area contributed by atoms with E-state index in [1.165, 1.54) is 15.8 Å². The molecule has 0 radical (unpaired) electrons. The molecule has 2 aromatic carbocycles. The first-order valence-corrected chi connectivity index (χ1v) is 16.5. The van der Waals surface area contributed by atoms with E-state index in [0.29, 0.717) is 59.3 Å². The van der Waals surface area contributed by atoms with Crippen LogP contribution in [0.3, 0.4) is 0 Å². The van der Waals surface area contributed by atoms with Gasteiger partial charge in [-0.25, -0.2) is 14.8 Å². The molecular weight excluding hydrogens is 571 g/mol. The predicted octanol–water partition coefficient (Wildman–Crippen LogP) is 6.39. The number of likely N-dealkylation sites (tertiary alicyclic amines) is 1. The summed E-state index contributed by atoms with van der Waals surface area (Å²) in [4.78, 5) is 23.7. The molecule has 0 saturated carbocycles. The number of aryl methyl sites for hydroxylation is 1. The third-order valence-corrected chi connectivity index (χ3v) is 9.23. The summed E-state index contributed by atoms with van der Waals surface area (Å²) in [6.45, 7) is 8.40. The van der Waals surface area contributed by atoms with Crippen LogP contribution in [0.5, 0.6) is 0 Å². The van der Waals surface area contributed by atoms with E-state index in [1.807, 2.05) is 64.3 Å². The zero-order valence-corrected chi connectivity index (χ0v) is 26.1. The molecule has 9 nitrogen and oxygen atoms in total. The van der Waals surface area contributed by atoms with Gasteiger partial charge in [-0.1, -0.05) is 59.8 Å². The minimum atomic E-state index is -4.07. The number of thioether (sulfide) groups is 1. The highest BCUT2D eigenvalue weighted by Crippen LogP contribution is 2.42. The van der Waals surface area contributed by atoms with Gasteiger partial charge in [0, 0.05) is 30.8 Å². The molecule has 11 heteroatoms. The second-order valence-corrected chi connectivity index (χ2v) is 13.8. The van der Waals surface area contributed by atoms with E-state index in [0.717, 1.165) is 5.56 Å². The van der Waals surface area contributed by atoms with E-state index in [2.05, 4.69) is 4.98 Å². The first-order valence-electron chi connectivity index (χ1n) is 13.8. The molecule has 220 valence electrons. The molecule has 0 atom stereocenters. The number of hydrogen-bond donors (Lipinski definition) is 0. The average molecular weight is 606 g/mol. The van der Waals surface area contributed by atoms with Crippen molar-refractivity contribution in [1.82, 2.24) is 24.1 Å². The summed E-state index contributed by atoms with van der Waals surface area (Å²) < 4.78 is 35.2. The van der Waals surface area contributed by atoms with Crippen molar-refractivity contribution in [3.63, 3.8) is 0 Å². The quantitative estimate of drug-likeness (QED) is 0.184. The molecule has 0 N–H and O–H groups in total. The van der Waals surface area contributed by atoms with Crippen LogP contribution in [0.4, 0.5) is 4.79 Å². The van der Waals surface area contributed by atoms with Crippen molar-refractivity contribution >= 4 is 27.9 Å². The van der Waals surface area contributed by atoms with Gasteiger partial charge in [0.25, 0.3) is 10.0 Å². The van der Waals surface area contributed by atoms with E-state index in [9.17, 15) is 13.2 Å². The van der Waals surface area contributed by atoms with E-state index in [4.69, 9.17) is 14.8 Å². The Morgan fingerprint density at radius 1 is 1.00 bits per heavy atom. The van der Waals surface area contributed by atoms with Gasteiger partial charge in [0.1, 0.15) is 5.60 Å². The first-order chi connectivity index (χ1) is 20.0. The van der Waals surface area contributed by atoms with Crippen molar-refractivity contribution in [3.8, 4) is 22.5 Å². The molecule has 0 aliphatic carbocycles. The van der Waals surface area contributed by atoms with Crippen LogP contribution in [0.2, 0.25) is 0 Å². The topological polar surface area (TPSA) is 107 Å². The number of amides is 1. The zero-order chi connectivity index (χ0) is 30.1. The number of nitrogens with zero attached hydrogens (tertiary/aromatic N) is 5. The molecule has 42 heavy (non-hydrogen) atoms. The number of carbonyl (C=O) groups excluding carboxylic acids is 1. The molecule has 0 unspecified atom stereocenters. The lowest BCUT2D eigenvalue weighted by Gasteiger charge is -2.33. The number of aromatic nitrogens is 4. The van der Waals surface area contributed by atoms with Crippen LogP contribution in [0.1, 0.15) is 50.8 Å². The predicted molar refractivity (Wildman–Crippen MR) is 164 cm³/mol. The van der Waals surface area contributed by atoms with Gasteiger partial charge < -0.3 is 9.64 Å². The molecule has 5 rings (SSSR count). The molecular formula is C31H35N5O4S2. The zero-order valence-electron chi connectivity index (χ0n) is 24.4. The third-order valence-electron chi connectivity index (χ3n) is 7.08. The summed E-state index contributed by atoms with van der Waals surface area (Å²) in [5.74, 6) is -0.108. The van der Waals surface area contributed by atoms with E-state index < -0.39 is 15.6 Å². The fraction of sp³-hybridized carbons (Fsp3) is 0.355. The summed E-state index contributed by atoms with van der Waals surface area (Å²) in [6, 6.07) is 18.0. The van der Waals surface area contributed by atoms with Crippen LogP contribution in [0, 0.1) is 6.92 Å². The highest BCUT2D eigenvalue weighted by atomic mass is 32.2. The summed E-state index contributed by atoms with van der Waals surface area (Å²) in [7, 11) is -4.07. The number of piperidine rings is 1. The fourth-order valence-electron chi connectivity index (χ4n) is 5.03. The van der Waals surface area contributed by atoms with Gasteiger partial charge in [-0.05, 0) is 65.0 Å². The summed E-state index contributed by atoms with van der Waals surface area (Å²) >= 11 is 1.41. The maximum absolute atomic E-state index is 14.2. The normalized spacial score (nSPS) is 14.6. The molecule has 1 saturated heterocycles. The Morgan fingerprint density at radius 2 is 1.67 bits per heavy atom. The fourth-order valence-corrected chi connectivity index (χ4v) is 6.70. The van der Waals surface area contributed by atoms with Crippen LogP contribution in [0.25, 0.3) is 22.5 Å². The third kappa shape index (κ3) is 6.22. The lowest BCUT2D eigenvalue weighted by atomic mass is 9.89. The van der Waals surface area contributed by atoms with Crippen molar-refractivity contribution in [2.45, 2.75) is 62.1 Å². The van der Waals surface area contributed by atoms with Crippen LogP contribution >= 0.6 is 11.8 Å². The van der Waals surface area contributed by atoms with Gasteiger partial charge in [-0.3, -0.25) is 0 Å². The lowest BCUT2D eigenvalue weighted by Crippen LogP contribution is -2.41. The van der Waals surface area contributed by atoms with E-state index >= 15 is 0 Å². The molecule has 2 aromatic heterocycles. The van der Waals surface area contributed by atoms with Crippen LogP contribution < -0.4 is 0 Å². The Balaban J connectivity index is 1.67. The Morgan fingerprint density at radius 3 is 2.29 bits per heavy atom. The van der Waals surface area contributed by atoms with E-state index in [1.54, 1.807) is 41.4 Å². The van der Waals surface area contributed by atoms with Gasteiger partial charge >= 0.3 is 6.09 Å². The summed E-state index contributed by atoms with van der Waals surface area (Å²) in [5, 5.41) is 5.44. The highest BCUT2D eigenvalue weighted by Gasteiger charge is 2.35. The van der Waals surface area contributed by atoms with Gasteiger partial charge in [0.2, 0.25) is 0 Å². The van der Waals surface area contributed by atoms with Gasteiger partial charge in [-0.2, -0.15) is 17.6 Å². The van der Waals surface area contributed by atoms with Crippen molar-refractivity contribution in [3.05, 3.63) is 78.1 Å². The minimum absolute atomic E-state index is 0.108. The van der Waals surface area contributed by atoms with Crippen molar-refractivity contribution < 1.29 is 17.9 Å². The first kappa shape index (κ1) is 29.8. The molecule has 1 aliphatic heterocycles. The molecule has 1 aliphatic rings. The Bertz CT molecular complexity index is 1670. The molecule has 1 amide bonds. The lowest BCUT2D eigenvalue weighted by molar-refractivity contribution is 0.0204. The Hall–Kier alpha value is -3.70. The maximum atomic E-state index is 14.2. The summed E-state index contributed by atoms with van der Waals surface area (Å²) in [6.07, 6.45) is 4.43. The van der Waals surface area contributed by atoms with Gasteiger partial charge in [-0.15, -0.1) is 0 Å². The number of benzene rings is 2. The van der Waals surface area contributed by atoms with Crippen molar-refractivity contribution in [2.75, 3.05) is 19.3 Å². The largest absolute Gasteiger partial charge is 0.444 e. The molecule has 4 aromatic rings. The number of hydrogen-bond acceptors (Lipinski definition) is 8. The van der Waals surface area contributed by atoms with Gasteiger partial charge in [0.15, 0.2) is 5.16 Å². The molecule has 1 fully saturated rings. The van der Waals surface area contributed by atoms with Gasteiger partial charge in [0.05, 0.1) is 27.5 Å². The maximum Gasteiger partial charge on any atom is 0.410 e. The number of ether oxygens (including phenoxy) is 1. The van der Waals surface area contributed by atoms with Crippen LogP contribution in [0.15, 0.2) is 76.9 Å². The van der Waals surface area contributed by atoms with Crippen molar-refractivity contribution in [2.24, 2.45) is 0 Å².